The highest BCUT2D eigenvalue weighted by Gasteiger charge is 2.98. The molecule has 0 aliphatic carbocycles. The minimum atomic E-state index is -9.41. The number of hydrogen-bond acceptors (Lipinski definition) is 1. The second-order valence-corrected chi connectivity index (χ2v) is 6.25. The zero-order valence-corrected chi connectivity index (χ0v) is 15.5. The van der Waals surface area contributed by atoms with Crippen LogP contribution in [0.3, 0.4) is 0 Å². The maximum Gasteiger partial charge on any atom is 0.472 e. The Bertz CT molecular complexity index is 871. The molecule has 0 fully saturated rings. The van der Waals surface area contributed by atoms with Crippen LogP contribution < -0.4 is 0 Å². The molecule has 0 unspecified atom stereocenters. The normalized spacial score (nSPS) is 16.1. The Morgan fingerprint density at radius 3 is 0.757 bits per heavy atom. The third-order valence-electron chi connectivity index (χ3n) is 3.85. The van der Waals surface area contributed by atoms with Gasteiger partial charge in [0.05, 0.1) is 0 Å². The van der Waals surface area contributed by atoms with Crippen molar-refractivity contribution >= 4 is 0 Å². The molecular weight excluding hydrogens is 616 g/mol. The molecule has 0 atom stereocenters. The molecule has 0 spiro atoms. The molecule has 0 amide bonds. The number of alkyl halides is 21. The molecule has 0 aliphatic rings. The van der Waals surface area contributed by atoms with E-state index in [0.717, 1.165) is 0 Å². The van der Waals surface area contributed by atoms with Gasteiger partial charge in [0, 0.05) is 0 Å². The van der Waals surface area contributed by atoms with E-state index in [1.165, 1.54) is 4.74 Å². The minimum absolute atomic E-state index is 1.49. The largest absolute Gasteiger partial charge is 0.472 e. The molecule has 0 aromatic rings. The summed E-state index contributed by atoms with van der Waals surface area (Å²) in [4.78, 5) is 0. The van der Waals surface area contributed by atoms with E-state index in [2.05, 4.69) is 0 Å². The van der Waals surface area contributed by atoms with Gasteiger partial charge < -0.3 is 4.74 Å². The lowest BCUT2D eigenvalue weighted by atomic mass is 9.87. The summed E-state index contributed by atoms with van der Waals surface area (Å²) < 4.78 is 309. The first-order chi connectivity index (χ1) is 15.6. The Balaban J connectivity index is 7.08. The average molecular weight is 616 g/mol. The van der Waals surface area contributed by atoms with Gasteiger partial charge in [0.25, 0.3) is 0 Å². The summed E-state index contributed by atoms with van der Waals surface area (Å²) in [6.45, 7) is 0. The zero-order chi connectivity index (χ0) is 30.9. The van der Waals surface area contributed by atoms with E-state index >= 15 is 0 Å². The van der Waals surface area contributed by atoms with Gasteiger partial charge >= 0.3 is 71.8 Å². The van der Waals surface area contributed by atoms with Gasteiger partial charge in [0.15, 0.2) is 0 Å². The fourth-order valence-electron chi connectivity index (χ4n) is 1.76. The Morgan fingerprint density at radius 2 is 0.541 bits per heavy atom. The fourth-order valence-corrected chi connectivity index (χ4v) is 1.76. The monoisotopic (exact) mass is 616 g/mol. The Labute approximate surface area is 183 Å². The molecule has 0 radical (unpaired) electrons. The smallest absolute Gasteiger partial charge is 0.397 e. The van der Waals surface area contributed by atoms with E-state index in [1.807, 2.05) is 0 Å². The summed E-state index contributed by atoms with van der Waals surface area (Å²) in [6, 6.07) is -4.35. The molecular formula is C12F24O. The van der Waals surface area contributed by atoms with Crippen LogP contribution in [0.2, 0.25) is 0 Å². The highest BCUT2D eigenvalue weighted by molar-refractivity contribution is 5.17. The SMILES string of the molecule is FC(F)=C(F)OC(F)(F)C(F)(F)C(F)(F)C(F)(F)C(F)(F)C(F)(F)C(F)(F)C(F)(F)C(F)(F)C(F)(F)F. The lowest BCUT2D eigenvalue weighted by Gasteiger charge is -2.44. The third kappa shape index (κ3) is 4.45. The first-order valence-electron chi connectivity index (χ1n) is 7.44. The first-order valence-corrected chi connectivity index (χ1v) is 7.44. The fraction of sp³-hybridized carbons (Fsp3) is 0.833. The van der Waals surface area contributed by atoms with Crippen LogP contribution in [0.4, 0.5) is 105 Å². The van der Waals surface area contributed by atoms with Gasteiger partial charge in [0.1, 0.15) is 0 Å². The van der Waals surface area contributed by atoms with Crippen LogP contribution in [0.1, 0.15) is 0 Å². The summed E-state index contributed by atoms with van der Waals surface area (Å²) in [6.07, 6.45) is -20.3. The van der Waals surface area contributed by atoms with Crippen LogP contribution in [-0.4, -0.2) is 59.7 Å². The van der Waals surface area contributed by atoms with E-state index in [9.17, 15) is 105 Å². The molecule has 0 saturated heterocycles. The van der Waals surface area contributed by atoms with Crippen LogP contribution in [0, 0.1) is 0 Å². The molecule has 0 aromatic carbocycles. The van der Waals surface area contributed by atoms with Gasteiger partial charge in [0.2, 0.25) is 0 Å². The predicted octanol–water partition coefficient (Wildman–Crippen LogP) is 8.28. The van der Waals surface area contributed by atoms with E-state index < -0.39 is 71.8 Å². The molecule has 0 bridgehead atoms. The number of halogens is 24. The predicted molar refractivity (Wildman–Crippen MR) is 62.0 cm³/mol. The lowest BCUT2D eigenvalue weighted by molar-refractivity contribution is -0.483. The molecule has 0 rings (SSSR count). The van der Waals surface area contributed by atoms with Crippen LogP contribution in [0.15, 0.2) is 12.1 Å². The van der Waals surface area contributed by atoms with Gasteiger partial charge in [-0.1, -0.05) is 0 Å². The average Bonchev–Trinajstić information content (AvgIpc) is 2.65. The summed E-state index contributed by atoms with van der Waals surface area (Å²) in [5.74, 6) is -72.7. The zero-order valence-electron chi connectivity index (χ0n) is 15.5. The summed E-state index contributed by atoms with van der Waals surface area (Å²) in [5, 5.41) is 0. The third-order valence-corrected chi connectivity index (χ3v) is 3.85. The topological polar surface area (TPSA) is 9.23 Å². The quantitative estimate of drug-likeness (QED) is 0.178. The Kier molecular flexibility index (Phi) is 8.19. The number of hydrogen-bond donors (Lipinski definition) is 0. The molecule has 37 heavy (non-hydrogen) atoms. The summed E-state index contributed by atoms with van der Waals surface area (Å²) >= 11 is 0. The maximum absolute atomic E-state index is 13.4. The highest BCUT2D eigenvalue weighted by Crippen LogP contribution is 2.66. The van der Waals surface area contributed by atoms with E-state index in [4.69, 9.17) is 0 Å². The minimum Gasteiger partial charge on any atom is -0.397 e. The Hall–Kier alpha value is -2.14. The van der Waals surface area contributed by atoms with E-state index in [-0.39, 0.29) is 0 Å². The molecule has 0 heterocycles. The molecule has 0 N–H and O–H groups in total. The van der Waals surface area contributed by atoms with Gasteiger partial charge in [-0.25, -0.2) is 0 Å². The van der Waals surface area contributed by atoms with Crippen LogP contribution in [0.25, 0.3) is 0 Å². The van der Waals surface area contributed by atoms with Crippen molar-refractivity contribution in [2.75, 3.05) is 0 Å². The number of ether oxygens (including phenoxy) is 1. The van der Waals surface area contributed by atoms with Crippen LogP contribution >= 0.6 is 0 Å². The van der Waals surface area contributed by atoms with Crippen molar-refractivity contribution in [3.63, 3.8) is 0 Å². The van der Waals surface area contributed by atoms with Crippen molar-refractivity contribution in [2.24, 2.45) is 0 Å². The van der Waals surface area contributed by atoms with Crippen molar-refractivity contribution in [1.82, 2.24) is 0 Å². The second-order valence-electron chi connectivity index (χ2n) is 6.25. The molecule has 0 aliphatic heterocycles. The van der Waals surface area contributed by atoms with Crippen molar-refractivity contribution in [3.8, 4) is 0 Å². The molecule has 222 valence electrons. The first kappa shape index (κ1) is 34.9. The van der Waals surface area contributed by atoms with Gasteiger partial charge in [-0.05, 0) is 0 Å². The van der Waals surface area contributed by atoms with Gasteiger partial charge in [-0.2, -0.15) is 105 Å². The summed E-state index contributed by atoms with van der Waals surface area (Å²) in [7, 11) is 0. The maximum atomic E-state index is 13.4. The Morgan fingerprint density at radius 1 is 0.324 bits per heavy atom. The molecule has 0 saturated carbocycles. The highest BCUT2D eigenvalue weighted by atomic mass is 19.4. The number of rotatable bonds is 10. The standard InChI is InChI=1S/C12F24O/c13-1(14)2(15)37-12(35,36)10(30,31)8(26,27)6(22,23)4(18,19)3(16,17)5(20,21)7(24,25)9(28,29)11(32,33)34. The van der Waals surface area contributed by atoms with E-state index in [0.29, 0.717) is 0 Å². The lowest BCUT2D eigenvalue weighted by Crippen LogP contribution is -2.76. The summed E-state index contributed by atoms with van der Waals surface area (Å²) in [5.41, 5.74) is 0. The van der Waals surface area contributed by atoms with Crippen LogP contribution in [0.5, 0.6) is 0 Å². The van der Waals surface area contributed by atoms with Crippen molar-refractivity contribution in [1.29, 1.82) is 0 Å². The van der Waals surface area contributed by atoms with Crippen LogP contribution in [-0.2, 0) is 4.74 Å². The second kappa shape index (κ2) is 8.69. The van der Waals surface area contributed by atoms with Crippen molar-refractivity contribution in [2.45, 2.75) is 59.7 Å². The molecule has 25 heteroatoms. The van der Waals surface area contributed by atoms with Crippen molar-refractivity contribution in [3.05, 3.63) is 12.1 Å². The molecule has 0 aromatic heterocycles. The van der Waals surface area contributed by atoms with Gasteiger partial charge in [-0.3, -0.25) is 0 Å². The van der Waals surface area contributed by atoms with Crippen molar-refractivity contribution < 1.29 is 110 Å². The van der Waals surface area contributed by atoms with Gasteiger partial charge in [-0.15, -0.1) is 0 Å². The van der Waals surface area contributed by atoms with E-state index in [1.54, 1.807) is 0 Å². The molecule has 1 nitrogen and oxygen atoms in total.